The predicted molar refractivity (Wildman–Crippen MR) is 114 cm³/mol. The number of aliphatic hydroxyl groups excluding tert-OH is 3. The minimum Gasteiger partial charge on any atom is -0.388 e. The molecule has 28 heavy (non-hydrogen) atoms. The number of carbonyl (C=O) groups is 1. The smallest absolute Gasteiger partial charge is 0.237 e. The maximum absolute atomic E-state index is 12.9. The lowest BCUT2D eigenvalue weighted by Gasteiger charge is -2.44. The van der Waals surface area contributed by atoms with Crippen molar-refractivity contribution in [2.45, 2.75) is 80.4 Å². The number of halogens is 2. The van der Waals surface area contributed by atoms with Crippen LogP contribution in [0, 0.1) is 5.92 Å². The highest BCUT2D eigenvalue weighted by Gasteiger charge is 2.48. The summed E-state index contributed by atoms with van der Waals surface area (Å²) in [6, 6.07) is -0.934. The van der Waals surface area contributed by atoms with Crippen molar-refractivity contribution in [3.8, 4) is 0 Å². The zero-order chi connectivity index (χ0) is 20.3. The number of amides is 1. The summed E-state index contributed by atoms with van der Waals surface area (Å²) in [6.07, 6.45) is -0.0980. The Balaban J connectivity index is 0.00000392. The highest BCUT2D eigenvalue weighted by atomic mass is 35.5. The molecule has 0 aromatic rings. The van der Waals surface area contributed by atoms with E-state index in [1.165, 1.54) is 11.8 Å². The predicted octanol–water partition coefficient (Wildman–Crippen LogP) is 0.811. The molecule has 0 radical (unpaired) electrons. The zero-order valence-electron chi connectivity index (χ0n) is 16.8. The summed E-state index contributed by atoms with van der Waals surface area (Å²) < 4.78 is 5.79. The fraction of sp³-hybridized carbons (Fsp3) is 0.944. The average Bonchev–Trinajstić information content (AvgIpc) is 2.99. The number of nitrogens with zero attached hydrogens (tertiary/aromatic N) is 1. The number of carbonyl (C=O) groups excluding carboxylic acids is 1. The Bertz CT molecular complexity index is 503. The molecular formula is C18H34Cl2N2O5S. The van der Waals surface area contributed by atoms with Gasteiger partial charge in [0.15, 0.2) is 0 Å². The van der Waals surface area contributed by atoms with Gasteiger partial charge in [0.05, 0.1) is 17.5 Å². The number of hydrogen-bond donors (Lipinski definition) is 4. The number of aliphatic hydroxyl groups is 3. The van der Waals surface area contributed by atoms with Gasteiger partial charge in [-0.05, 0) is 39.0 Å². The van der Waals surface area contributed by atoms with E-state index in [0.717, 1.165) is 25.8 Å². The van der Waals surface area contributed by atoms with Crippen LogP contribution in [-0.2, 0) is 9.53 Å². The van der Waals surface area contributed by atoms with Crippen LogP contribution in [0.5, 0.6) is 0 Å². The van der Waals surface area contributed by atoms with E-state index in [9.17, 15) is 20.1 Å². The Labute approximate surface area is 182 Å². The first-order valence-corrected chi connectivity index (χ1v) is 11.3. The molecule has 2 aliphatic heterocycles. The third-order valence-electron chi connectivity index (χ3n) is 5.63. The monoisotopic (exact) mass is 460 g/mol. The van der Waals surface area contributed by atoms with Gasteiger partial charge in [-0.3, -0.25) is 9.69 Å². The first-order chi connectivity index (χ1) is 12.7. The standard InChI is InChI=1S/C18H33ClN2O5S.ClH/c1-5-6-10-7-11(21(3)8-10)17(25)20-12(9(2)19)16-14(23)13(22)15(24)18(26-16)27-4;/h9-16,18,22-24H,5-8H2,1-4H3,(H,20,25);1H/t9?,10?,11?,12?,13?,14?,15?,16-,18?;/m1./s1. The molecule has 0 aliphatic carbocycles. The summed E-state index contributed by atoms with van der Waals surface area (Å²) >= 11 is 7.55. The van der Waals surface area contributed by atoms with Gasteiger partial charge < -0.3 is 25.4 Å². The molecule has 0 aromatic heterocycles. The highest BCUT2D eigenvalue weighted by Crippen LogP contribution is 2.31. The van der Waals surface area contributed by atoms with E-state index >= 15 is 0 Å². The summed E-state index contributed by atoms with van der Waals surface area (Å²) in [6.45, 7) is 4.74. The van der Waals surface area contributed by atoms with Gasteiger partial charge in [-0.15, -0.1) is 35.8 Å². The van der Waals surface area contributed by atoms with Crippen LogP contribution in [0.3, 0.4) is 0 Å². The molecule has 7 nitrogen and oxygen atoms in total. The molecule has 0 saturated carbocycles. The van der Waals surface area contributed by atoms with Crippen molar-refractivity contribution in [2.24, 2.45) is 5.92 Å². The van der Waals surface area contributed by atoms with Crippen molar-refractivity contribution < 1.29 is 24.9 Å². The Morgan fingerprint density at radius 3 is 2.50 bits per heavy atom. The van der Waals surface area contributed by atoms with Gasteiger partial charge in [0.2, 0.25) is 5.91 Å². The van der Waals surface area contributed by atoms with Crippen LogP contribution in [0.25, 0.3) is 0 Å². The third-order valence-corrected chi connectivity index (χ3v) is 6.76. The molecule has 2 heterocycles. The molecule has 2 fully saturated rings. The Morgan fingerprint density at radius 1 is 1.32 bits per heavy atom. The molecule has 0 aromatic carbocycles. The van der Waals surface area contributed by atoms with Crippen LogP contribution in [0.4, 0.5) is 0 Å². The second-order valence-corrected chi connectivity index (χ2v) is 9.36. The van der Waals surface area contributed by atoms with E-state index in [2.05, 4.69) is 12.2 Å². The maximum atomic E-state index is 12.9. The Morgan fingerprint density at radius 2 is 1.96 bits per heavy atom. The second-order valence-electron chi connectivity index (χ2n) is 7.73. The first-order valence-electron chi connectivity index (χ1n) is 9.58. The molecule has 2 saturated heterocycles. The van der Waals surface area contributed by atoms with E-state index in [0.29, 0.717) is 5.92 Å². The minimum absolute atomic E-state index is 0. The largest absolute Gasteiger partial charge is 0.388 e. The fourth-order valence-corrected chi connectivity index (χ4v) is 5.00. The molecule has 2 aliphatic rings. The lowest BCUT2D eigenvalue weighted by molar-refractivity contribution is -0.205. The summed E-state index contributed by atoms with van der Waals surface area (Å²) in [5, 5.41) is 33.0. The van der Waals surface area contributed by atoms with E-state index in [4.69, 9.17) is 16.3 Å². The lowest BCUT2D eigenvalue weighted by atomic mass is 9.92. The van der Waals surface area contributed by atoms with Crippen LogP contribution >= 0.6 is 35.8 Å². The topological polar surface area (TPSA) is 102 Å². The molecule has 1 amide bonds. The molecule has 9 atom stereocenters. The normalized spacial score (nSPS) is 38.5. The van der Waals surface area contributed by atoms with Gasteiger partial charge in [-0.25, -0.2) is 0 Å². The van der Waals surface area contributed by atoms with Crippen molar-refractivity contribution in [1.82, 2.24) is 10.2 Å². The van der Waals surface area contributed by atoms with Gasteiger partial charge in [-0.2, -0.15) is 0 Å². The van der Waals surface area contributed by atoms with E-state index in [1.54, 1.807) is 13.2 Å². The lowest BCUT2D eigenvalue weighted by Crippen LogP contribution is -2.65. The van der Waals surface area contributed by atoms with Crippen molar-refractivity contribution in [1.29, 1.82) is 0 Å². The summed E-state index contributed by atoms with van der Waals surface area (Å²) in [7, 11) is 1.94. The van der Waals surface area contributed by atoms with Gasteiger partial charge in [0.1, 0.15) is 29.9 Å². The highest BCUT2D eigenvalue weighted by molar-refractivity contribution is 7.99. The quantitative estimate of drug-likeness (QED) is 0.416. The number of alkyl halides is 1. The molecule has 0 bridgehead atoms. The molecule has 8 unspecified atom stereocenters. The zero-order valence-corrected chi connectivity index (χ0v) is 19.2. The minimum atomic E-state index is -1.36. The van der Waals surface area contributed by atoms with Crippen LogP contribution in [-0.4, -0.2) is 93.3 Å². The van der Waals surface area contributed by atoms with Crippen LogP contribution in [0.1, 0.15) is 33.1 Å². The average molecular weight is 461 g/mol. The number of thioether (sulfide) groups is 1. The third kappa shape index (κ3) is 5.88. The van der Waals surface area contributed by atoms with Gasteiger partial charge >= 0.3 is 0 Å². The molecule has 10 heteroatoms. The van der Waals surface area contributed by atoms with Crippen LogP contribution < -0.4 is 5.32 Å². The number of nitrogens with one attached hydrogen (secondary N) is 1. The molecule has 2 rings (SSSR count). The van der Waals surface area contributed by atoms with Crippen molar-refractivity contribution in [3.63, 3.8) is 0 Å². The second kappa shape index (κ2) is 11.6. The van der Waals surface area contributed by atoms with Gasteiger partial charge in [0, 0.05) is 6.54 Å². The van der Waals surface area contributed by atoms with Crippen molar-refractivity contribution in [2.75, 3.05) is 19.8 Å². The summed E-state index contributed by atoms with van der Waals surface area (Å²) in [4.78, 5) is 14.9. The number of likely N-dealkylation sites (N-methyl/N-ethyl adjacent to an activating group) is 1. The number of ether oxygens (including phenoxy) is 1. The van der Waals surface area contributed by atoms with Crippen molar-refractivity contribution in [3.05, 3.63) is 0 Å². The molecule has 0 spiro atoms. The number of rotatable bonds is 7. The Kier molecular flexibility index (Phi) is 10.8. The number of likely N-dealkylation sites (tertiary alicyclic amines) is 1. The van der Waals surface area contributed by atoms with Gasteiger partial charge in [0.25, 0.3) is 0 Å². The Hall–Kier alpha value is 0.200. The molecule has 4 N–H and O–H groups in total. The molecular weight excluding hydrogens is 427 g/mol. The summed E-state index contributed by atoms with van der Waals surface area (Å²) in [5.74, 6) is 0.350. The number of hydrogen-bond acceptors (Lipinski definition) is 7. The first kappa shape index (κ1) is 26.2. The van der Waals surface area contributed by atoms with Crippen LogP contribution in [0.2, 0.25) is 0 Å². The van der Waals surface area contributed by atoms with Crippen LogP contribution in [0.15, 0.2) is 0 Å². The van der Waals surface area contributed by atoms with E-state index in [-0.39, 0.29) is 24.4 Å². The van der Waals surface area contributed by atoms with Crippen molar-refractivity contribution >= 4 is 41.7 Å². The van der Waals surface area contributed by atoms with E-state index in [1.807, 2.05) is 11.9 Å². The maximum Gasteiger partial charge on any atom is 0.237 e. The summed E-state index contributed by atoms with van der Waals surface area (Å²) in [5.41, 5.74) is -0.702. The fourth-order valence-electron chi connectivity index (χ4n) is 4.11. The SMILES string of the molecule is CCCC1CC(C(=O)NC(C(C)Cl)[C@H]2OC(SC)C(O)C(O)C2O)N(C)C1.Cl. The molecule has 166 valence electrons. The van der Waals surface area contributed by atoms with Gasteiger partial charge in [-0.1, -0.05) is 13.3 Å². The van der Waals surface area contributed by atoms with E-state index < -0.39 is 41.3 Å².